The highest BCUT2D eigenvalue weighted by Crippen LogP contribution is 2.22. The van der Waals surface area contributed by atoms with Gasteiger partial charge in [-0.25, -0.2) is 0 Å². The lowest BCUT2D eigenvalue weighted by atomic mass is 10.1. The Morgan fingerprint density at radius 2 is 2.18 bits per heavy atom. The first-order chi connectivity index (χ1) is 8.10. The van der Waals surface area contributed by atoms with Gasteiger partial charge in [-0.2, -0.15) is 5.10 Å². The van der Waals surface area contributed by atoms with Crippen LogP contribution in [0.25, 0.3) is 0 Å². The molecule has 0 saturated heterocycles. The molecule has 0 aliphatic heterocycles. The Labute approximate surface area is 111 Å². The van der Waals surface area contributed by atoms with Gasteiger partial charge in [-0.05, 0) is 43.1 Å². The standard InChI is InChI=1S/C12H21BrN2O2/c1-4-15-11(12(13)9(3)14-15)8-10(16)6-7-17-5-2/h10,16H,4-8H2,1-3H3. The topological polar surface area (TPSA) is 47.3 Å². The number of aliphatic hydroxyl groups excluding tert-OH is 1. The Balaban J connectivity index is 2.60. The molecule has 0 aliphatic rings. The lowest BCUT2D eigenvalue weighted by Crippen LogP contribution is -2.17. The van der Waals surface area contributed by atoms with E-state index in [1.54, 1.807) is 0 Å². The zero-order valence-electron chi connectivity index (χ0n) is 10.7. The first-order valence-corrected chi connectivity index (χ1v) is 6.87. The molecule has 0 radical (unpaired) electrons. The van der Waals surface area contributed by atoms with E-state index < -0.39 is 0 Å². The number of rotatable bonds is 7. The van der Waals surface area contributed by atoms with Gasteiger partial charge in [0.05, 0.1) is 22.0 Å². The molecular weight excluding hydrogens is 284 g/mol. The number of aryl methyl sites for hydroxylation is 2. The van der Waals surface area contributed by atoms with Crippen LogP contribution in [0, 0.1) is 6.92 Å². The molecule has 0 fully saturated rings. The predicted molar refractivity (Wildman–Crippen MR) is 71.2 cm³/mol. The molecule has 17 heavy (non-hydrogen) atoms. The molecule has 98 valence electrons. The van der Waals surface area contributed by atoms with E-state index in [-0.39, 0.29) is 6.10 Å². The number of ether oxygens (including phenoxy) is 1. The number of nitrogens with zero attached hydrogens (tertiary/aromatic N) is 2. The Morgan fingerprint density at radius 3 is 2.76 bits per heavy atom. The zero-order valence-corrected chi connectivity index (χ0v) is 12.3. The fourth-order valence-corrected chi connectivity index (χ4v) is 2.20. The molecule has 5 heteroatoms. The van der Waals surface area contributed by atoms with Crippen molar-refractivity contribution in [3.63, 3.8) is 0 Å². The summed E-state index contributed by atoms with van der Waals surface area (Å²) in [5.41, 5.74) is 2.04. The van der Waals surface area contributed by atoms with Crippen LogP contribution in [0.3, 0.4) is 0 Å². The molecule has 0 saturated carbocycles. The Bertz CT molecular complexity index is 353. The first-order valence-electron chi connectivity index (χ1n) is 6.07. The van der Waals surface area contributed by atoms with E-state index in [1.807, 2.05) is 18.5 Å². The van der Waals surface area contributed by atoms with Gasteiger partial charge in [0.1, 0.15) is 0 Å². The average Bonchev–Trinajstić information content (AvgIpc) is 2.57. The van der Waals surface area contributed by atoms with Crippen molar-refractivity contribution in [1.82, 2.24) is 9.78 Å². The van der Waals surface area contributed by atoms with E-state index in [0.29, 0.717) is 26.1 Å². The number of aromatic nitrogens is 2. The van der Waals surface area contributed by atoms with Crippen molar-refractivity contribution >= 4 is 15.9 Å². The second-order valence-corrected chi connectivity index (χ2v) is 4.80. The molecule has 1 atom stereocenters. The zero-order chi connectivity index (χ0) is 12.8. The highest BCUT2D eigenvalue weighted by molar-refractivity contribution is 9.10. The van der Waals surface area contributed by atoms with Crippen molar-refractivity contribution in [3.8, 4) is 0 Å². The maximum atomic E-state index is 9.94. The minimum absolute atomic E-state index is 0.376. The number of hydrogen-bond donors (Lipinski definition) is 1. The van der Waals surface area contributed by atoms with E-state index in [4.69, 9.17) is 4.74 Å². The molecule has 0 spiro atoms. The van der Waals surface area contributed by atoms with Crippen LogP contribution >= 0.6 is 15.9 Å². The largest absolute Gasteiger partial charge is 0.393 e. The van der Waals surface area contributed by atoms with Crippen molar-refractivity contribution in [3.05, 3.63) is 15.9 Å². The normalized spacial score (nSPS) is 13.0. The van der Waals surface area contributed by atoms with Crippen molar-refractivity contribution < 1.29 is 9.84 Å². The predicted octanol–water partition coefficient (Wildman–Crippen LogP) is 2.30. The molecule has 1 heterocycles. The van der Waals surface area contributed by atoms with Crippen LogP contribution in [0.2, 0.25) is 0 Å². The lowest BCUT2D eigenvalue weighted by molar-refractivity contribution is 0.0876. The Hall–Kier alpha value is -0.390. The second kappa shape index (κ2) is 7.13. The van der Waals surface area contributed by atoms with Gasteiger partial charge in [0.2, 0.25) is 0 Å². The van der Waals surface area contributed by atoms with Crippen molar-refractivity contribution in [2.45, 2.75) is 46.3 Å². The third-order valence-electron chi connectivity index (χ3n) is 2.68. The van der Waals surface area contributed by atoms with Crippen LogP contribution < -0.4 is 0 Å². The smallest absolute Gasteiger partial charge is 0.0738 e. The van der Waals surface area contributed by atoms with Crippen molar-refractivity contribution in [2.24, 2.45) is 0 Å². The van der Waals surface area contributed by atoms with Crippen LogP contribution in [0.15, 0.2) is 4.47 Å². The Morgan fingerprint density at radius 1 is 1.47 bits per heavy atom. The SMILES string of the molecule is CCOCCC(O)Cc1c(Br)c(C)nn1CC. The van der Waals surface area contributed by atoms with Gasteiger partial charge in [0, 0.05) is 26.2 Å². The third-order valence-corrected chi connectivity index (χ3v) is 3.71. The molecular formula is C12H21BrN2O2. The minimum Gasteiger partial charge on any atom is -0.393 e. The van der Waals surface area contributed by atoms with Crippen LogP contribution in [-0.2, 0) is 17.7 Å². The van der Waals surface area contributed by atoms with E-state index in [9.17, 15) is 5.11 Å². The molecule has 1 aromatic heterocycles. The van der Waals surface area contributed by atoms with Gasteiger partial charge in [-0.15, -0.1) is 0 Å². The van der Waals surface area contributed by atoms with Gasteiger partial charge in [0.15, 0.2) is 0 Å². The van der Waals surface area contributed by atoms with E-state index in [1.165, 1.54) is 0 Å². The van der Waals surface area contributed by atoms with Crippen LogP contribution in [0.5, 0.6) is 0 Å². The molecule has 1 N–H and O–H groups in total. The molecule has 1 rings (SSSR count). The summed E-state index contributed by atoms with van der Waals surface area (Å²) >= 11 is 3.53. The molecule has 0 amide bonds. The monoisotopic (exact) mass is 304 g/mol. The second-order valence-electron chi connectivity index (χ2n) is 4.01. The van der Waals surface area contributed by atoms with E-state index in [0.717, 1.165) is 22.4 Å². The molecule has 0 bridgehead atoms. The third kappa shape index (κ3) is 4.08. The molecule has 4 nitrogen and oxygen atoms in total. The molecule has 0 aliphatic carbocycles. The average molecular weight is 305 g/mol. The van der Waals surface area contributed by atoms with Gasteiger partial charge < -0.3 is 9.84 Å². The number of aliphatic hydroxyl groups is 1. The lowest BCUT2D eigenvalue weighted by Gasteiger charge is -2.12. The number of hydrogen-bond acceptors (Lipinski definition) is 3. The summed E-state index contributed by atoms with van der Waals surface area (Å²) in [6.45, 7) is 8.09. The fraction of sp³-hybridized carbons (Fsp3) is 0.750. The van der Waals surface area contributed by atoms with E-state index >= 15 is 0 Å². The fourth-order valence-electron chi connectivity index (χ4n) is 1.75. The summed E-state index contributed by atoms with van der Waals surface area (Å²) in [5, 5.41) is 14.3. The van der Waals surface area contributed by atoms with Crippen LogP contribution in [0.4, 0.5) is 0 Å². The number of halogens is 1. The summed E-state index contributed by atoms with van der Waals surface area (Å²) < 4.78 is 8.18. The summed E-state index contributed by atoms with van der Waals surface area (Å²) in [6.07, 6.45) is 0.899. The van der Waals surface area contributed by atoms with Crippen molar-refractivity contribution in [1.29, 1.82) is 0 Å². The quantitative estimate of drug-likeness (QED) is 0.786. The minimum atomic E-state index is -0.376. The Kier molecular flexibility index (Phi) is 6.16. The molecule has 1 aromatic rings. The molecule has 0 aromatic carbocycles. The first kappa shape index (κ1) is 14.7. The summed E-state index contributed by atoms with van der Waals surface area (Å²) in [6, 6.07) is 0. The van der Waals surface area contributed by atoms with Gasteiger partial charge >= 0.3 is 0 Å². The highest BCUT2D eigenvalue weighted by atomic mass is 79.9. The van der Waals surface area contributed by atoms with Crippen LogP contribution in [-0.4, -0.2) is 34.2 Å². The van der Waals surface area contributed by atoms with E-state index in [2.05, 4.69) is 28.0 Å². The maximum Gasteiger partial charge on any atom is 0.0738 e. The highest BCUT2D eigenvalue weighted by Gasteiger charge is 2.15. The van der Waals surface area contributed by atoms with Crippen molar-refractivity contribution in [2.75, 3.05) is 13.2 Å². The summed E-state index contributed by atoms with van der Waals surface area (Å²) in [5.74, 6) is 0. The van der Waals surface area contributed by atoms with Crippen LogP contribution in [0.1, 0.15) is 31.7 Å². The maximum absolute atomic E-state index is 9.94. The summed E-state index contributed by atoms with van der Waals surface area (Å²) in [4.78, 5) is 0. The van der Waals surface area contributed by atoms with Gasteiger partial charge in [-0.3, -0.25) is 4.68 Å². The van der Waals surface area contributed by atoms with Gasteiger partial charge in [0.25, 0.3) is 0 Å². The summed E-state index contributed by atoms with van der Waals surface area (Å²) in [7, 11) is 0. The van der Waals surface area contributed by atoms with Gasteiger partial charge in [-0.1, -0.05) is 0 Å². The molecule has 1 unspecified atom stereocenters.